The van der Waals surface area contributed by atoms with Crippen LogP contribution in [0.2, 0.25) is 0 Å². The average Bonchev–Trinajstić information content (AvgIpc) is 3.40. The van der Waals surface area contributed by atoms with Crippen molar-refractivity contribution >= 4 is 26.9 Å². The molecule has 5 rings (SSSR count). The van der Waals surface area contributed by atoms with Crippen molar-refractivity contribution in [1.82, 2.24) is 29.2 Å². The summed E-state index contributed by atoms with van der Waals surface area (Å²) in [5.74, 6) is 0.791. The second kappa shape index (κ2) is 7.40. The molecule has 0 aromatic carbocycles. The SMILES string of the molecule is CCS(=O)(=O)c1nn2c(NC(C)C3CC3)ccnc2c1-c1nc2ccc(C(F)(F)F)cn2n1. The first-order chi connectivity index (χ1) is 15.6. The van der Waals surface area contributed by atoms with Gasteiger partial charge in [-0.25, -0.2) is 22.9 Å². The summed E-state index contributed by atoms with van der Waals surface area (Å²) < 4.78 is 67.5. The van der Waals surface area contributed by atoms with Crippen LogP contribution in [-0.2, 0) is 16.0 Å². The topological polar surface area (TPSA) is 107 Å². The Morgan fingerprint density at radius 2 is 1.97 bits per heavy atom. The fourth-order valence-corrected chi connectivity index (χ4v) is 4.66. The van der Waals surface area contributed by atoms with Crippen LogP contribution in [0.15, 0.2) is 35.6 Å². The highest BCUT2D eigenvalue weighted by molar-refractivity contribution is 7.91. The van der Waals surface area contributed by atoms with E-state index in [1.165, 1.54) is 23.7 Å². The third-order valence-electron chi connectivity index (χ3n) is 5.75. The minimum absolute atomic E-state index is 0.0526. The Bertz CT molecular complexity index is 1470. The molecular weight excluding hydrogens is 459 g/mol. The molecule has 0 amide bonds. The van der Waals surface area contributed by atoms with Crippen LogP contribution in [0.1, 0.15) is 32.3 Å². The number of hydrogen-bond donors (Lipinski definition) is 1. The molecule has 33 heavy (non-hydrogen) atoms. The molecule has 1 atom stereocenters. The average molecular weight is 479 g/mol. The monoisotopic (exact) mass is 479 g/mol. The smallest absolute Gasteiger partial charge is 0.367 e. The summed E-state index contributed by atoms with van der Waals surface area (Å²) in [6.07, 6.45) is 0.00795. The second-order valence-corrected chi connectivity index (χ2v) is 10.3. The number of nitrogens with zero attached hydrogens (tertiary/aromatic N) is 6. The number of pyridine rings is 1. The predicted molar refractivity (Wildman–Crippen MR) is 114 cm³/mol. The van der Waals surface area contributed by atoms with Crippen LogP contribution in [-0.4, -0.2) is 49.4 Å². The van der Waals surface area contributed by atoms with Crippen molar-refractivity contribution in [1.29, 1.82) is 0 Å². The number of sulfone groups is 1. The van der Waals surface area contributed by atoms with E-state index < -0.39 is 21.6 Å². The van der Waals surface area contributed by atoms with Crippen LogP contribution < -0.4 is 5.32 Å². The molecule has 1 unspecified atom stereocenters. The second-order valence-electron chi connectivity index (χ2n) is 8.07. The van der Waals surface area contributed by atoms with E-state index in [0.717, 1.165) is 29.6 Å². The van der Waals surface area contributed by atoms with E-state index in [1.54, 1.807) is 6.07 Å². The Kier molecular flexibility index (Phi) is 4.85. The highest BCUT2D eigenvalue weighted by atomic mass is 32.2. The van der Waals surface area contributed by atoms with Crippen LogP contribution in [0.4, 0.5) is 19.0 Å². The number of rotatable bonds is 6. The first-order valence-corrected chi connectivity index (χ1v) is 12.0. The van der Waals surface area contributed by atoms with Gasteiger partial charge in [0.1, 0.15) is 11.4 Å². The summed E-state index contributed by atoms with van der Waals surface area (Å²) in [4.78, 5) is 8.58. The van der Waals surface area contributed by atoms with E-state index in [2.05, 4.69) is 25.5 Å². The lowest BCUT2D eigenvalue weighted by Gasteiger charge is -2.14. The van der Waals surface area contributed by atoms with E-state index in [1.807, 2.05) is 6.92 Å². The van der Waals surface area contributed by atoms with Crippen molar-refractivity contribution in [2.24, 2.45) is 5.92 Å². The van der Waals surface area contributed by atoms with Gasteiger partial charge in [-0.05, 0) is 43.9 Å². The number of nitrogens with one attached hydrogen (secondary N) is 1. The van der Waals surface area contributed by atoms with Crippen molar-refractivity contribution in [3.05, 3.63) is 36.2 Å². The van der Waals surface area contributed by atoms with Gasteiger partial charge in [0.15, 0.2) is 32.0 Å². The Hall–Kier alpha value is -3.22. The highest BCUT2D eigenvalue weighted by Gasteiger charge is 2.33. The minimum Gasteiger partial charge on any atom is -0.367 e. The van der Waals surface area contributed by atoms with Crippen LogP contribution in [0.3, 0.4) is 0 Å². The lowest BCUT2D eigenvalue weighted by Crippen LogP contribution is -2.19. The Morgan fingerprint density at radius 3 is 2.64 bits per heavy atom. The van der Waals surface area contributed by atoms with Gasteiger partial charge in [0.05, 0.1) is 11.3 Å². The third-order valence-corrected chi connectivity index (χ3v) is 7.38. The molecule has 1 saturated carbocycles. The maximum Gasteiger partial charge on any atom is 0.417 e. The van der Waals surface area contributed by atoms with Gasteiger partial charge >= 0.3 is 6.18 Å². The summed E-state index contributed by atoms with van der Waals surface area (Å²) in [5, 5.41) is 11.6. The molecule has 9 nitrogen and oxygen atoms in total. The van der Waals surface area contributed by atoms with Gasteiger partial charge in [0.2, 0.25) is 0 Å². The van der Waals surface area contributed by atoms with Gasteiger partial charge in [0.25, 0.3) is 0 Å². The molecule has 4 aromatic heterocycles. The van der Waals surface area contributed by atoms with Crippen LogP contribution in [0, 0.1) is 5.92 Å². The normalized spacial score (nSPS) is 15.9. The van der Waals surface area contributed by atoms with Gasteiger partial charge in [-0.15, -0.1) is 5.10 Å². The maximum absolute atomic E-state index is 13.1. The lowest BCUT2D eigenvalue weighted by atomic mass is 10.2. The Morgan fingerprint density at radius 1 is 1.21 bits per heavy atom. The van der Waals surface area contributed by atoms with E-state index >= 15 is 0 Å². The number of hydrogen-bond acceptors (Lipinski definition) is 7. The maximum atomic E-state index is 13.1. The number of fused-ring (bicyclic) bond motifs is 2. The quantitative estimate of drug-likeness (QED) is 0.451. The van der Waals surface area contributed by atoms with E-state index in [-0.39, 0.29) is 39.5 Å². The summed E-state index contributed by atoms with van der Waals surface area (Å²) in [7, 11) is -3.83. The molecule has 0 bridgehead atoms. The number of aromatic nitrogens is 6. The molecular formula is C20H20F3N7O2S. The van der Waals surface area contributed by atoms with Gasteiger partial charge in [-0.3, -0.25) is 0 Å². The molecule has 0 aliphatic heterocycles. The number of anilines is 1. The Labute approximate surface area is 186 Å². The zero-order valence-corrected chi connectivity index (χ0v) is 18.5. The number of halogens is 3. The van der Waals surface area contributed by atoms with Crippen molar-refractivity contribution in [3.8, 4) is 11.4 Å². The van der Waals surface area contributed by atoms with Crippen LogP contribution >= 0.6 is 0 Å². The van der Waals surface area contributed by atoms with Crippen molar-refractivity contribution in [3.63, 3.8) is 0 Å². The molecule has 1 aliphatic rings. The molecule has 1 aliphatic carbocycles. The zero-order chi connectivity index (χ0) is 23.5. The highest BCUT2D eigenvalue weighted by Crippen LogP contribution is 2.35. The first-order valence-electron chi connectivity index (χ1n) is 10.4. The van der Waals surface area contributed by atoms with E-state index in [9.17, 15) is 21.6 Å². The Balaban J connectivity index is 1.71. The molecule has 1 fully saturated rings. The van der Waals surface area contributed by atoms with Crippen LogP contribution in [0.5, 0.6) is 0 Å². The van der Waals surface area contributed by atoms with Gasteiger partial charge < -0.3 is 5.32 Å². The fourth-order valence-electron chi connectivity index (χ4n) is 3.69. The minimum atomic E-state index is -4.55. The van der Waals surface area contributed by atoms with Gasteiger partial charge in [0, 0.05) is 18.4 Å². The van der Waals surface area contributed by atoms with Crippen molar-refractivity contribution < 1.29 is 21.6 Å². The zero-order valence-electron chi connectivity index (χ0n) is 17.7. The standard InChI is InChI=1S/C20H20F3N7O2S/c1-3-33(31,32)19-16(17-26-14-7-6-13(20(21,22)23)10-29(14)27-17)18-24-9-8-15(30(18)28-19)25-11(2)12-4-5-12/h6-12,25H,3-5H2,1-2H3. The van der Waals surface area contributed by atoms with E-state index in [0.29, 0.717) is 11.7 Å². The summed E-state index contributed by atoms with van der Waals surface area (Å²) in [5.41, 5.74) is -0.515. The largest absolute Gasteiger partial charge is 0.417 e. The fraction of sp³-hybridized carbons (Fsp3) is 0.400. The molecule has 1 N–H and O–H groups in total. The summed E-state index contributed by atoms with van der Waals surface area (Å²) in [6, 6.07) is 3.92. The molecule has 0 spiro atoms. The van der Waals surface area contributed by atoms with E-state index in [4.69, 9.17) is 0 Å². The number of alkyl halides is 3. The molecule has 174 valence electrons. The predicted octanol–water partition coefficient (Wildman–Crippen LogP) is 3.46. The first kappa shape index (κ1) is 21.6. The lowest BCUT2D eigenvalue weighted by molar-refractivity contribution is -0.137. The third kappa shape index (κ3) is 3.79. The van der Waals surface area contributed by atoms with Crippen molar-refractivity contribution in [2.45, 2.75) is 43.9 Å². The molecule has 0 radical (unpaired) electrons. The van der Waals surface area contributed by atoms with Crippen LogP contribution in [0.25, 0.3) is 22.7 Å². The van der Waals surface area contributed by atoms with Gasteiger partial charge in [-0.2, -0.15) is 22.8 Å². The molecule has 4 aromatic rings. The molecule has 0 saturated heterocycles. The summed E-state index contributed by atoms with van der Waals surface area (Å²) >= 11 is 0. The van der Waals surface area contributed by atoms with Crippen molar-refractivity contribution in [2.75, 3.05) is 11.1 Å². The molecule has 13 heteroatoms. The van der Waals surface area contributed by atoms with Gasteiger partial charge in [-0.1, -0.05) is 6.92 Å². The summed E-state index contributed by atoms with van der Waals surface area (Å²) in [6.45, 7) is 3.53. The molecule has 4 heterocycles.